The highest BCUT2D eigenvalue weighted by Crippen LogP contribution is 2.25. The minimum atomic E-state index is -0.270. The summed E-state index contributed by atoms with van der Waals surface area (Å²) in [5.41, 5.74) is 4.25. The molecular formula is C15H16N6OS2. The zero-order valence-corrected chi connectivity index (χ0v) is 15.1. The summed E-state index contributed by atoms with van der Waals surface area (Å²) < 4.78 is 2.55. The third kappa shape index (κ3) is 3.80. The van der Waals surface area contributed by atoms with Gasteiger partial charge >= 0.3 is 0 Å². The van der Waals surface area contributed by atoms with Crippen LogP contribution in [-0.2, 0) is 4.79 Å². The molecule has 0 aromatic carbocycles. The molecule has 1 amide bonds. The van der Waals surface area contributed by atoms with Crippen molar-refractivity contribution in [1.29, 1.82) is 0 Å². The highest BCUT2D eigenvalue weighted by atomic mass is 32.2. The van der Waals surface area contributed by atoms with Gasteiger partial charge in [-0.15, -0.1) is 10.2 Å². The van der Waals surface area contributed by atoms with Crippen LogP contribution in [0.4, 0.5) is 5.69 Å². The third-order valence-electron chi connectivity index (χ3n) is 3.23. The van der Waals surface area contributed by atoms with Crippen molar-refractivity contribution in [3.8, 4) is 5.82 Å². The Balaban J connectivity index is 1.65. The van der Waals surface area contributed by atoms with Gasteiger partial charge in [0.2, 0.25) is 5.91 Å². The maximum atomic E-state index is 12.2. The van der Waals surface area contributed by atoms with Crippen molar-refractivity contribution in [3.63, 3.8) is 0 Å². The molecule has 0 saturated heterocycles. The fourth-order valence-electron chi connectivity index (χ4n) is 2.11. The van der Waals surface area contributed by atoms with Gasteiger partial charge in [-0.2, -0.15) is 5.10 Å². The van der Waals surface area contributed by atoms with Crippen LogP contribution in [0, 0.1) is 13.8 Å². The van der Waals surface area contributed by atoms with E-state index in [0.717, 1.165) is 21.5 Å². The van der Waals surface area contributed by atoms with Crippen molar-refractivity contribution in [1.82, 2.24) is 25.0 Å². The number of hydrogen-bond acceptors (Lipinski definition) is 7. The number of thioether (sulfide) groups is 1. The van der Waals surface area contributed by atoms with Crippen molar-refractivity contribution in [2.45, 2.75) is 30.4 Å². The van der Waals surface area contributed by atoms with Gasteiger partial charge in [0.1, 0.15) is 5.51 Å². The van der Waals surface area contributed by atoms with Crippen molar-refractivity contribution in [3.05, 3.63) is 41.3 Å². The Labute approximate surface area is 147 Å². The van der Waals surface area contributed by atoms with Crippen molar-refractivity contribution in [2.24, 2.45) is 0 Å². The lowest BCUT2D eigenvalue weighted by atomic mass is 10.3. The molecule has 1 N–H and O–H groups in total. The SMILES string of the molecule is Cc1cc(C)n(-c2ccc(NC(=O)C(C)Sc3nncs3)cn2)n1. The first-order valence-corrected chi connectivity index (χ1v) is 9.02. The number of pyridine rings is 1. The standard InChI is InChI=1S/C15H16N6OS2/c1-9-6-10(2)21(20-9)13-5-4-12(7-16-13)18-14(22)11(3)24-15-19-17-8-23-15/h4-8,11H,1-3H3,(H,18,22). The van der Waals surface area contributed by atoms with Gasteiger partial charge in [0.15, 0.2) is 10.2 Å². The lowest BCUT2D eigenvalue weighted by molar-refractivity contribution is -0.115. The molecule has 3 aromatic heterocycles. The van der Waals surface area contributed by atoms with E-state index in [9.17, 15) is 4.79 Å². The van der Waals surface area contributed by atoms with Crippen LogP contribution < -0.4 is 5.32 Å². The second-order valence-corrected chi connectivity index (χ2v) is 7.62. The topological polar surface area (TPSA) is 85.6 Å². The Bertz CT molecular complexity index is 828. The Morgan fingerprint density at radius 2 is 2.21 bits per heavy atom. The van der Waals surface area contributed by atoms with Crippen molar-refractivity contribution >= 4 is 34.7 Å². The molecule has 9 heteroatoms. The van der Waals surface area contributed by atoms with E-state index in [0.29, 0.717) is 5.69 Å². The lowest BCUT2D eigenvalue weighted by Gasteiger charge is -2.10. The largest absolute Gasteiger partial charge is 0.324 e. The summed E-state index contributed by atoms with van der Waals surface area (Å²) in [6, 6.07) is 5.64. The quantitative estimate of drug-likeness (QED) is 0.704. The third-order valence-corrected chi connectivity index (χ3v) is 5.14. The number of carbonyl (C=O) groups is 1. The van der Waals surface area contributed by atoms with E-state index in [1.165, 1.54) is 23.1 Å². The summed E-state index contributed by atoms with van der Waals surface area (Å²) in [4.78, 5) is 16.6. The van der Waals surface area contributed by atoms with Gasteiger partial charge in [-0.25, -0.2) is 9.67 Å². The van der Waals surface area contributed by atoms with E-state index >= 15 is 0 Å². The van der Waals surface area contributed by atoms with E-state index in [-0.39, 0.29) is 11.2 Å². The minimum Gasteiger partial charge on any atom is -0.324 e. The summed E-state index contributed by atoms with van der Waals surface area (Å²) >= 11 is 2.80. The number of aromatic nitrogens is 5. The van der Waals surface area contributed by atoms with Gasteiger partial charge in [0.25, 0.3) is 0 Å². The van der Waals surface area contributed by atoms with Gasteiger partial charge in [0.05, 0.1) is 22.8 Å². The molecule has 0 aliphatic rings. The second kappa shape index (κ2) is 7.10. The van der Waals surface area contributed by atoms with Crippen LogP contribution in [0.5, 0.6) is 0 Å². The molecule has 3 rings (SSSR count). The monoisotopic (exact) mass is 360 g/mol. The molecule has 3 heterocycles. The number of anilines is 1. The van der Waals surface area contributed by atoms with Gasteiger partial charge < -0.3 is 5.32 Å². The summed E-state index contributed by atoms with van der Waals surface area (Å²) in [7, 11) is 0. The number of amides is 1. The molecular weight excluding hydrogens is 344 g/mol. The predicted octanol–water partition coefficient (Wildman–Crippen LogP) is 2.85. The first-order chi connectivity index (χ1) is 11.5. The molecule has 0 spiro atoms. The first kappa shape index (κ1) is 16.6. The number of nitrogens with zero attached hydrogens (tertiary/aromatic N) is 5. The normalized spacial score (nSPS) is 12.1. The van der Waals surface area contributed by atoms with Gasteiger partial charge in [-0.3, -0.25) is 4.79 Å². The maximum absolute atomic E-state index is 12.2. The van der Waals surface area contributed by atoms with E-state index in [1.54, 1.807) is 16.4 Å². The summed E-state index contributed by atoms with van der Waals surface area (Å²) in [5, 5.41) is 14.7. The van der Waals surface area contributed by atoms with Gasteiger partial charge in [0, 0.05) is 5.69 Å². The minimum absolute atomic E-state index is 0.101. The molecule has 0 bridgehead atoms. The molecule has 0 radical (unpaired) electrons. The van der Waals surface area contributed by atoms with Crippen molar-refractivity contribution in [2.75, 3.05) is 5.32 Å². The number of aryl methyl sites for hydroxylation is 2. The molecule has 24 heavy (non-hydrogen) atoms. The summed E-state index contributed by atoms with van der Waals surface area (Å²) in [6.07, 6.45) is 1.63. The molecule has 124 valence electrons. The highest BCUT2D eigenvalue weighted by molar-refractivity contribution is 8.02. The Morgan fingerprint density at radius 1 is 1.38 bits per heavy atom. The van der Waals surface area contributed by atoms with Crippen LogP contribution in [0.3, 0.4) is 0 Å². The average Bonchev–Trinajstić information content (AvgIpc) is 3.17. The summed E-state index contributed by atoms with van der Waals surface area (Å²) in [6.45, 7) is 5.75. The molecule has 1 unspecified atom stereocenters. The van der Waals surface area contributed by atoms with E-state index in [1.807, 2.05) is 39.0 Å². The number of rotatable bonds is 5. The van der Waals surface area contributed by atoms with E-state index in [4.69, 9.17) is 0 Å². The fourth-order valence-corrected chi connectivity index (χ4v) is 3.73. The first-order valence-electron chi connectivity index (χ1n) is 7.26. The molecule has 0 aliphatic heterocycles. The van der Waals surface area contributed by atoms with E-state index in [2.05, 4.69) is 25.6 Å². The zero-order valence-electron chi connectivity index (χ0n) is 13.4. The van der Waals surface area contributed by atoms with Gasteiger partial charge in [-0.1, -0.05) is 23.1 Å². The molecule has 0 saturated carbocycles. The maximum Gasteiger partial charge on any atom is 0.237 e. The fraction of sp³-hybridized carbons (Fsp3) is 0.267. The molecule has 3 aromatic rings. The molecule has 7 nitrogen and oxygen atoms in total. The van der Waals surface area contributed by atoms with Crippen LogP contribution >= 0.6 is 23.1 Å². The van der Waals surface area contributed by atoms with Crippen LogP contribution in [0.2, 0.25) is 0 Å². The smallest absolute Gasteiger partial charge is 0.237 e. The van der Waals surface area contributed by atoms with Crippen LogP contribution in [0.25, 0.3) is 5.82 Å². The number of hydrogen-bond donors (Lipinski definition) is 1. The Hall–Kier alpha value is -2.26. The molecule has 0 fully saturated rings. The Morgan fingerprint density at radius 3 is 2.79 bits per heavy atom. The number of carbonyl (C=O) groups excluding carboxylic acids is 1. The van der Waals surface area contributed by atoms with Crippen molar-refractivity contribution < 1.29 is 4.79 Å². The number of nitrogens with one attached hydrogen (secondary N) is 1. The predicted molar refractivity (Wildman–Crippen MR) is 94.7 cm³/mol. The zero-order chi connectivity index (χ0) is 17.1. The van der Waals surface area contributed by atoms with Crippen LogP contribution in [-0.4, -0.2) is 36.1 Å². The highest BCUT2D eigenvalue weighted by Gasteiger charge is 2.16. The lowest BCUT2D eigenvalue weighted by Crippen LogP contribution is -2.22. The Kier molecular flexibility index (Phi) is 4.91. The van der Waals surface area contributed by atoms with Crippen LogP contribution in [0.1, 0.15) is 18.3 Å². The van der Waals surface area contributed by atoms with E-state index < -0.39 is 0 Å². The average molecular weight is 360 g/mol. The molecule has 0 aliphatic carbocycles. The molecule has 1 atom stereocenters. The summed E-state index contributed by atoms with van der Waals surface area (Å²) in [5.74, 6) is 0.616. The van der Waals surface area contributed by atoms with Gasteiger partial charge in [-0.05, 0) is 39.0 Å². The van der Waals surface area contributed by atoms with Crippen LogP contribution in [0.15, 0.2) is 34.2 Å². The second-order valence-electron chi connectivity index (χ2n) is 5.20.